The zero-order valence-corrected chi connectivity index (χ0v) is 12.8. The molecule has 0 spiro atoms. The minimum atomic E-state index is -0.152. The summed E-state index contributed by atoms with van der Waals surface area (Å²) in [5.74, 6) is 0.400. The molecule has 0 bridgehead atoms. The first kappa shape index (κ1) is 12.7. The van der Waals surface area contributed by atoms with Gasteiger partial charge in [0.15, 0.2) is 0 Å². The Morgan fingerprint density at radius 1 is 1.29 bits per heavy atom. The lowest BCUT2D eigenvalue weighted by Crippen LogP contribution is -2.12. The normalized spacial score (nSPS) is 10.3. The van der Waals surface area contributed by atoms with Crippen LogP contribution in [0.3, 0.4) is 0 Å². The largest absolute Gasteiger partial charge is 0.306 e. The Morgan fingerprint density at radius 3 is 2.65 bits per heavy atom. The highest BCUT2D eigenvalue weighted by Crippen LogP contribution is 2.24. The molecule has 0 aliphatic carbocycles. The van der Waals surface area contributed by atoms with Gasteiger partial charge in [-0.3, -0.25) is 4.79 Å². The number of nitrogens with one attached hydrogen (secondary N) is 1. The van der Waals surface area contributed by atoms with Crippen molar-refractivity contribution >= 4 is 54.9 Å². The van der Waals surface area contributed by atoms with Crippen molar-refractivity contribution in [3.05, 3.63) is 43.1 Å². The Bertz CT molecular complexity index is 568. The molecule has 0 fully saturated rings. The predicted molar refractivity (Wildman–Crippen MR) is 76.6 cm³/mol. The van der Waals surface area contributed by atoms with Gasteiger partial charge in [0, 0.05) is 8.95 Å². The third kappa shape index (κ3) is 2.94. The number of rotatable bonds is 2. The Morgan fingerprint density at radius 2 is 2.06 bits per heavy atom. The lowest BCUT2D eigenvalue weighted by molar-refractivity contribution is 0.102. The van der Waals surface area contributed by atoms with Crippen LogP contribution in [0.4, 0.5) is 5.82 Å². The minimum Gasteiger partial charge on any atom is -0.306 e. The van der Waals surface area contributed by atoms with Crippen LogP contribution in [0.5, 0.6) is 0 Å². The average Bonchev–Trinajstić information content (AvgIpc) is 2.70. The Kier molecular flexibility index (Phi) is 3.96. The van der Waals surface area contributed by atoms with E-state index >= 15 is 0 Å². The molecule has 0 aliphatic heterocycles. The molecule has 0 atom stereocenters. The number of aromatic nitrogens is 1. The number of aryl methyl sites for hydroxylation is 1. The van der Waals surface area contributed by atoms with E-state index in [2.05, 4.69) is 42.2 Å². The number of amides is 1. The van der Waals surface area contributed by atoms with Crippen LogP contribution in [0.2, 0.25) is 0 Å². The molecule has 2 heterocycles. The van der Waals surface area contributed by atoms with Gasteiger partial charge < -0.3 is 5.32 Å². The second kappa shape index (κ2) is 5.29. The van der Waals surface area contributed by atoms with E-state index in [0.29, 0.717) is 10.7 Å². The van der Waals surface area contributed by atoms with Crippen molar-refractivity contribution < 1.29 is 4.79 Å². The van der Waals surface area contributed by atoms with Crippen molar-refractivity contribution in [2.75, 3.05) is 5.32 Å². The first-order valence-electron chi connectivity index (χ1n) is 4.75. The van der Waals surface area contributed by atoms with Crippen molar-refractivity contribution in [2.24, 2.45) is 0 Å². The van der Waals surface area contributed by atoms with Crippen LogP contribution >= 0.6 is 43.2 Å². The Hall–Kier alpha value is -0.720. The van der Waals surface area contributed by atoms with Gasteiger partial charge in [-0.25, -0.2) is 4.98 Å². The van der Waals surface area contributed by atoms with E-state index in [0.717, 1.165) is 14.6 Å². The molecule has 0 unspecified atom stereocenters. The maximum Gasteiger partial charge on any atom is 0.268 e. The van der Waals surface area contributed by atoms with E-state index in [1.807, 2.05) is 24.4 Å². The van der Waals surface area contributed by atoms with Crippen molar-refractivity contribution in [2.45, 2.75) is 6.92 Å². The number of carbonyl (C=O) groups is 1. The molecule has 0 aliphatic rings. The van der Waals surface area contributed by atoms with Crippen LogP contribution in [0.15, 0.2) is 32.5 Å². The number of anilines is 1. The van der Waals surface area contributed by atoms with Crippen LogP contribution in [-0.4, -0.2) is 10.9 Å². The fourth-order valence-electron chi connectivity index (χ4n) is 1.24. The summed E-state index contributed by atoms with van der Waals surface area (Å²) in [7, 11) is 0. The van der Waals surface area contributed by atoms with Gasteiger partial charge in [-0.2, -0.15) is 0 Å². The van der Waals surface area contributed by atoms with E-state index in [9.17, 15) is 4.79 Å². The van der Waals surface area contributed by atoms with Crippen LogP contribution in [0, 0.1) is 6.92 Å². The lowest BCUT2D eigenvalue weighted by atomic mass is 10.3. The molecule has 2 rings (SSSR count). The smallest absolute Gasteiger partial charge is 0.268 e. The quantitative estimate of drug-likeness (QED) is 0.853. The number of hydrogen-bond donors (Lipinski definition) is 1. The minimum absolute atomic E-state index is 0.152. The van der Waals surface area contributed by atoms with Gasteiger partial charge in [-0.05, 0) is 62.4 Å². The maximum atomic E-state index is 11.9. The van der Waals surface area contributed by atoms with E-state index in [-0.39, 0.29) is 5.91 Å². The number of pyridine rings is 1. The van der Waals surface area contributed by atoms with E-state index in [1.54, 1.807) is 6.07 Å². The number of nitrogens with zero attached hydrogens (tertiary/aromatic N) is 1. The molecule has 1 amide bonds. The summed E-state index contributed by atoms with van der Waals surface area (Å²) in [5.41, 5.74) is 0.841. The van der Waals surface area contributed by atoms with Crippen LogP contribution in [0.1, 0.15) is 15.4 Å². The molecular formula is C11H8Br2N2OS. The molecule has 0 saturated heterocycles. The van der Waals surface area contributed by atoms with E-state index < -0.39 is 0 Å². The predicted octanol–water partition coefficient (Wildman–Crippen LogP) is 4.23. The summed E-state index contributed by atoms with van der Waals surface area (Å²) >= 11 is 8.08. The maximum absolute atomic E-state index is 11.9. The van der Waals surface area contributed by atoms with Crippen LogP contribution < -0.4 is 5.32 Å². The fourth-order valence-corrected chi connectivity index (χ4v) is 2.91. The molecule has 2 aromatic heterocycles. The summed E-state index contributed by atoms with van der Waals surface area (Å²) < 4.78 is 1.72. The van der Waals surface area contributed by atoms with Gasteiger partial charge in [-0.15, -0.1) is 11.3 Å². The highest BCUT2D eigenvalue weighted by molar-refractivity contribution is 9.10. The van der Waals surface area contributed by atoms with Crippen molar-refractivity contribution in [3.63, 3.8) is 0 Å². The topological polar surface area (TPSA) is 42.0 Å². The third-order valence-corrected chi connectivity index (χ3v) is 4.76. The number of halogens is 2. The first-order valence-corrected chi connectivity index (χ1v) is 7.22. The SMILES string of the molecule is Cc1nc(NC(=O)c2sccc2Br)ccc1Br. The third-order valence-electron chi connectivity index (χ3n) is 2.09. The number of thiophene rings is 1. The first-order chi connectivity index (χ1) is 8.08. The lowest BCUT2D eigenvalue weighted by Gasteiger charge is -2.05. The average molecular weight is 376 g/mol. The zero-order chi connectivity index (χ0) is 12.4. The molecule has 88 valence electrons. The van der Waals surface area contributed by atoms with Gasteiger partial charge in [0.25, 0.3) is 5.91 Å². The monoisotopic (exact) mass is 374 g/mol. The summed E-state index contributed by atoms with van der Waals surface area (Å²) in [6.45, 7) is 1.88. The van der Waals surface area contributed by atoms with Crippen molar-refractivity contribution in [3.8, 4) is 0 Å². The van der Waals surface area contributed by atoms with Gasteiger partial charge in [0.1, 0.15) is 10.7 Å². The summed E-state index contributed by atoms with van der Waals surface area (Å²) in [4.78, 5) is 16.8. The van der Waals surface area contributed by atoms with E-state index in [4.69, 9.17) is 0 Å². The van der Waals surface area contributed by atoms with Crippen molar-refractivity contribution in [1.29, 1.82) is 0 Å². The second-order valence-electron chi connectivity index (χ2n) is 3.32. The highest BCUT2D eigenvalue weighted by atomic mass is 79.9. The number of carbonyl (C=O) groups excluding carboxylic acids is 1. The molecule has 0 saturated carbocycles. The molecular weight excluding hydrogens is 368 g/mol. The molecule has 17 heavy (non-hydrogen) atoms. The second-order valence-corrected chi connectivity index (χ2v) is 5.94. The summed E-state index contributed by atoms with van der Waals surface area (Å²) in [6.07, 6.45) is 0. The molecule has 1 N–H and O–H groups in total. The fraction of sp³-hybridized carbons (Fsp3) is 0.0909. The summed E-state index contributed by atoms with van der Waals surface area (Å²) in [6, 6.07) is 5.47. The Labute approximate surface area is 120 Å². The molecule has 2 aromatic rings. The molecule has 0 radical (unpaired) electrons. The van der Waals surface area contributed by atoms with Crippen LogP contribution in [0.25, 0.3) is 0 Å². The zero-order valence-electron chi connectivity index (χ0n) is 8.83. The standard InChI is InChI=1S/C11H8Br2N2OS/c1-6-7(12)2-3-9(14-6)15-11(16)10-8(13)4-5-17-10/h2-5H,1H3,(H,14,15,16). The van der Waals surface area contributed by atoms with E-state index in [1.165, 1.54) is 11.3 Å². The van der Waals surface area contributed by atoms with Gasteiger partial charge in [0.05, 0.1) is 5.69 Å². The molecule has 3 nitrogen and oxygen atoms in total. The highest BCUT2D eigenvalue weighted by Gasteiger charge is 2.12. The number of hydrogen-bond acceptors (Lipinski definition) is 3. The molecule has 6 heteroatoms. The van der Waals surface area contributed by atoms with Crippen LogP contribution in [-0.2, 0) is 0 Å². The van der Waals surface area contributed by atoms with Gasteiger partial charge in [0.2, 0.25) is 0 Å². The Balaban J connectivity index is 2.19. The van der Waals surface area contributed by atoms with Gasteiger partial charge >= 0.3 is 0 Å². The van der Waals surface area contributed by atoms with Gasteiger partial charge in [-0.1, -0.05) is 0 Å². The molecule has 0 aromatic carbocycles. The van der Waals surface area contributed by atoms with Crippen molar-refractivity contribution in [1.82, 2.24) is 4.98 Å². The summed E-state index contributed by atoms with van der Waals surface area (Å²) in [5, 5.41) is 4.62.